The van der Waals surface area contributed by atoms with Crippen molar-refractivity contribution < 1.29 is 0 Å². The van der Waals surface area contributed by atoms with Gasteiger partial charge in [0.1, 0.15) is 0 Å². The van der Waals surface area contributed by atoms with Gasteiger partial charge in [0.05, 0.1) is 6.54 Å². The second-order valence-corrected chi connectivity index (χ2v) is 5.99. The summed E-state index contributed by atoms with van der Waals surface area (Å²) in [6.07, 6.45) is 4.56. The SMILES string of the molecule is C=C(C)N1CCC(C)(/C(C)=N/CC=C(C)C)CC1. The molecule has 0 saturated carbocycles. The van der Waals surface area contributed by atoms with Gasteiger partial charge in [-0.25, -0.2) is 0 Å². The van der Waals surface area contributed by atoms with Crippen molar-refractivity contribution in [3.8, 4) is 0 Å². The van der Waals surface area contributed by atoms with E-state index < -0.39 is 0 Å². The Labute approximate surface area is 112 Å². The van der Waals surface area contributed by atoms with Crippen LogP contribution in [0.3, 0.4) is 0 Å². The third kappa shape index (κ3) is 4.01. The Hall–Kier alpha value is -1.05. The Morgan fingerprint density at radius 1 is 1.22 bits per heavy atom. The Morgan fingerprint density at radius 2 is 1.78 bits per heavy atom. The first kappa shape index (κ1) is 15.0. The minimum Gasteiger partial charge on any atom is -0.375 e. The predicted molar refractivity (Wildman–Crippen MR) is 81.1 cm³/mol. The summed E-state index contributed by atoms with van der Waals surface area (Å²) in [5, 5.41) is 0. The van der Waals surface area contributed by atoms with Crippen molar-refractivity contribution in [2.24, 2.45) is 10.4 Å². The highest BCUT2D eigenvalue weighted by Gasteiger charge is 2.32. The molecule has 0 aromatic carbocycles. The van der Waals surface area contributed by atoms with Crippen LogP contribution in [0.1, 0.15) is 47.5 Å². The van der Waals surface area contributed by atoms with E-state index in [1.54, 1.807) is 0 Å². The lowest BCUT2D eigenvalue weighted by molar-refractivity contribution is 0.201. The molecule has 1 fully saturated rings. The first-order valence-electron chi connectivity index (χ1n) is 6.90. The van der Waals surface area contributed by atoms with Crippen LogP contribution in [0, 0.1) is 5.41 Å². The van der Waals surface area contributed by atoms with Crippen LogP contribution in [0.15, 0.2) is 28.9 Å². The van der Waals surface area contributed by atoms with Gasteiger partial charge in [-0.1, -0.05) is 25.2 Å². The average Bonchev–Trinajstić information content (AvgIpc) is 2.28. The summed E-state index contributed by atoms with van der Waals surface area (Å²) in [7, 11) is 0. The van der Waals surface area contributed by atoms with Crippen molar-refractivity contribution in [2.75, 3.05) is 19.6 Å². The summed E-state index contributed by atoms with van der Waals surface area (Å²) in [5.41, 5.74) is 4.12. The normalized spacial score (nSPS) is 19.6. The third-order valence-corrected chi connectivity index (χ3v) is 4.11. The summed E-state index contributed by atoms with van der Waals surface area (Å²) in [5.74, 6) is 0. The first-order chi connectivity index (χ1) is 8.35. The highest BCUT2D eigenvalue weighted by Crippen LogP contribution is 2.33. The van der Waals surface area contributed by atoms with Crippen LogP contribution in [0.5, 0.6) is 0 Å². The zero-order valence-corrected chi connectivity index (χ0v) is 12.7. The highest BCUT2D eigenvalue weighted by atomic mass is 15.1. The molecule has 18 heavy (non-hydrogen) atoms. The predicted octanol–water partition coefficient (Wildman–Crippen LogP) is 4.05. The molecule has 0 N–H and O–H groups in total. The molecule has 1 rings (SSSR count). The van der Waals surface area contributed by atoms with Crippen molar-refractivity contribution in [3.05, 3.63) is 23.9 Å². The van der Waals surface area contributed by atoms with Crippen molar-refractivity contribution in [1.29, 1.82) is 0 Å². The number of likely N-dealkylation sites (tertiary alicyclic amines) is 1. The Bertz CT molecular complexity index is 351. The Balaban J connectivity index is 2.60. The minimum atomic E-state index is 0.279. The molecular formula is C16H28N2. The van der Waals surface area contributed by atoms with Gasteiger partial charge in [0.2, 0.25) is 0 Å². The number of piperidine rings is 1. The number of hydrogen-bond acceptors (Lipinski definition) is 2. The van der Waals surface area contributed by atoms with E-state index >= 15 is 0 Å². The molecule has 102 valence electrons. The van der Waals surface area contributed by atoms with E-state index in [9.17, 15) is 0 Å². The summed E-state index contributed by atoms with van der Waals surface area (Å²) < 4.78 is 0. The lowest BCUT2D eigenvalue weighted by Crippen LogP contribution is -2.41. The second kappa shape index (κ2) is 6.21. The molecule has 0 amide bonds. The zero-order chi connectivity index (χ0) is 13.8. The van der Waals surface area contributed by atoms with Crippen LogP contribution >= 0.6 is 0 Å². The van der Waals surface area contributed by atoms with Gasteiger partial charge in [0.25, 0.3) is 0 Å². The average molecular weight is 248 g/mol. The fourth-order valence-corrected chi connectivity index (χ4v) is 2.30. The molecule has 2 heteroatoms. The van der Waals surface area contributed by atoms with Gasteiger partial charge in [0.15, 0.2) is 0 Å². The smallest absolute Gasteiger partial charge is 0.0572 e. The molecule has 0 aromatic rings. The molecule has 1 heterocycles. The van der Waals surface area contributed by atoms with E-state index in [4.69, 9.17) is 4.99 Å². The van der Waals surface area contributed by atoms with Crippen LogP contribution in [0.2, 0.25) is 0 Å². The Morgan fingerprint density at radius 3 is 2.22 bits per heavy atom. The largest absolute Gasteiger partial charge is 0.375 e. The third-order valence-electron chi connectivity index (χ3n) is 4.11. The van der Waals surface area contributed by atoms with Gasteiger partial charge in [-0.15, -0.1) is 0 Å². The summed E-state index contributed by atoms with van der Waals surface area (Å²) in [6, 6.07) is 0. The molecule has 0 atom stereocenters. The summed E-state index contributed by atoms with van der Waals surface area (Å²) in [6.45, 7) is 18.0. The van der Waals surface area contributed by atoms with Crippen molar-refractivity contribution in [3.63, 3.8) is 0 Å². The monoisotopic (exact) mass is 248 g/mol. The maximum absolute atomic E-state index is 4.73. The van der Waals surface area contributed by atoms with Gasteiger partial charge in [-0.3, -0.25) is 4.99 Å². The maximum Gasteiger partial charge on any atom is 0.0572 e. The fourth-order valence-electron chi connectivity index (χ4n) is 2.30. The number of rotatable bonds is 4. The lowest BCUT2D eigenvalue weighted by Gasteiger charge is -2.40. The summed E-state index contributed by atoms with van der Waals surface area (Å²) >= 11 is 0. The van der Waals surface area contributed by atoms with E-state index in [1.807, 2.05) is 0 Å². The van der Waals surface area contributed by atoms with Crippen LogP contribution < -0.4 is 0 Å². The van der Waals surface area contributed by atoms with Crippen LogP contribution in [-0.2, 0) is 0 Å². The van der Waals surface area contributed by atoms with E-state index in [0.29, 0.717) is 0 Å². The molecule has 1 aliphatic heterocycles. The molecule has 2 nitrogen and oxygen atoms in total. The zero-order valence-electron chi connectivity index (χ0n) is 12.7. The number of aliphatic imine (C=N–C) groups is 1. The molecular weight excluding hydrogens is 220 g/mol. The number of hydrogen-bond donors (Lipinski definition) is 0. The molecule has 1 aliphatic rings. The van der Waals surface area contributed by atoms with Crippen molar-refractivity contribution >= 4 is 5.71 Å². The molecule has 0 bridgehead atoms. The molecule has 0 unspecified atom stereocenters. The second-order valence-electron chi connectivity index (χ2n) is 5.99. The molecule has 0 aliphatic carbocycles. The maximum atomic E-state index is 4.73. The molecule has 0 aromatic heterocycles. The number of allylic oxidation sites excluding steroid dienone is 2. The van der Waals surface area contributed by atoms with Crippen molar-refractivity contribution in [1.82, 2.24) is 4.90 Å². The standard InChI is InChI=1S/C16H28N2/c1-13(2)7-10-17-15(5)16(6)8-11-18(12-9-16)14(3)4/h7H,3,8-12H2,1-2,4-6H3/b17-15+. The van der Waals surface area contributed by atoms with Crippen molar-refractivity contribution in [2.45, 2.75) is 47.5 Å². The van der Waals surface area contributed by atoms with Crippen LogP contribution in [-0.4, -0.2) is 30.2 Å². The van der Waals surface area contributed by atoms with Gasteiger partial charge >= 0.3 is 0 Å². The topological polar surface area (TPSA) is 15.6 Å². The van der Waals surface area contributed by atoms with Gasteiger partial charge in [-0.2, -0.15) is 0 Å². The summed E-state index contributed by atoms with van der Waals surface area (Å²) in [4.78, 5) is 7.11. The first-order valence-corrected chi connectivity index (χ1v) is 6.90. The van der Waals surface area contributed by atoms with E-state index in [0.717, 1.165) is 19.6 Å². The molecule has 1 saturated heterocycles. The van der Waals surface area contributed by atoms with E-state index in [2.05, 4.69) is 52.2 Å². The van der Waals surface area contributed by atoms with Crippen LogP contribution in [0.4, 0.5) is 0 Å². The van der Waals surface area contributed by atoms with E-state index in [1.165, 1.54) is 29.8 Å². The van der Waals surface area contributed by atoms with E-state index in [-0.39, 0.29) is 5.41 Å². The van der Waals surface area contributed by atoms with Gasteiger partial charge < -0.3 is 4.90 Å². The highest BCUT2D eigenvalue weighted by molar-refractivity contribution is 5.87. The van der Waals surface area contributed by atoms with Gasteiger partial charge in [-0.05, 0) is 40.5 Å². The molecule has 0 spiro atoms. The Kier molecular flexibility index (Phi) is 5.18. The number of nitrogens with zero attached hydrogens (tertiary/aromatic N) is 2. The molecule has 0 radical (unpaired) electrons. The lowest BCUT2D eigenvalue weighted by atomic mass is 9.76. The van der Waals surface area contributed by atoms with Crippen LogP contribution in [0.25, 0.3) is 0 Å². The van der Waals surface area contributed by atoms with Gasteiger partial charge in [0, 0.05) is 29.9 Å². The quantitative estimate of drug-likeness (QED) is 0.541. The minimum absolute atomic E-state index is 0.279. The fraction of sp³-hybridized carbons (Fsp3) is 0.688.